The van der Waals surface area contributed by atoms with Gasteiger partial charge < -0.3 is 14.3 Å². The number of hydrogen-bond acceptors (Lipinski definition) is 4. The molecule has 1 aliphatic rings. The number of cyclic esters (lactones) is 1. The summed E-state index contributed by atoms with van der Waals surface area (Å²) in [5.74, 6) is -0.321. The molecule has 24 heavy (non-hydrogen) atoms. The number of hydrogen-bond donors (Lipinski definition) is 1. The molecule has 0 spiro atoms. The van der Waals surface area contributed by atoms with Crippen LogP contribution < -0.4 is 0 Å². The van der Waals surface area contributed by atoms with Gasteiger partial charge in [-0.2, -0.15) is 0 Å². The molecule has 4 nitrogen and oxygen atoms in total. The quantitative estimate of drug-likeness (QED) is 0.447. The lowest BCUT2D eigenvalue weighted by Gasteiger charge is -2.39. The maximum atomic E-state index is 11.6. The molecule has 0 amide bonds. The summed E-state index contributed by atoms with van der Waals surface area (Å²) in [6.45, 7) is 11.8. The molecule has 0 saturated carbocycles. The predicted octanol–water partition coefficient (Wildman–Crippen LogP) is 4.58. The lowest BCUT2D eigenvalue weighted by atomic mass is 10.1. The predicted molar refractivity (Wildman–Crippen MR) is 100 cm³/mol. The van der Waals surface area contributed by atoms with Gasteiger partial charge in [0.05, 0.1) is 19.1 Å². The average Bonchev–Trinajstić information content (AvgIpc) is 2.43. The fourth-order valence-corrected chi connectivity index (χ4v) is 3.92. The molecule has 0 bridgehead atoms. The van der Waals surface area contributed by atoms with Crippen LogP contribution in [0.4, 0.5) is 0 Å². The van der Waals surface area contributed by atoms with Crippen molar-refractivity contribution >= 4 is 14.3 Å². The largest absolute Gasteiger partial charge is 0.466 e. The maximum Gasteiger partial charge on any atom is 0.308 e. The Labute approximate surface area is 148 Å². The highest BCUT2D eigenvalue weighted by Crippen LogP contribution is 2.38. The van der Waals surface area contributed by atoms with E-state index in [1.165, 1.54) is 0 Å². The van der Waals surface area contributed by atoms with Crippen molar-refractivity contribution in [1.29, 1.82) is 0 Å². The van der Waals surface area contributed by atoms with Gasteiger partial charge in [-0.05, 0) is 37.4 Å². The number of carbonyl (C=O) groups excluding carboxylic acids is 1. The standard InChI is InChI=1S/C19H36O4Si/c1-19(2,3)24(4,5)23-17-12-8-6-7-9-14-22-18(21)15-16(20)11-10-13-17/h10-11,16-17,20H,6-9,12-15H2,1-5H3/b11-10+. The normalized spacial score (nSPS) is 27.2. The topological polar surface area (TPSA) is 55.8 Å². The van der Waals surface area contributed by atoms with Crippen LogP contribution in [0.1, 0.15) is 65.7 Å². The third kappa shape index (κ3) is 7.95. The molecule has 0 aromatic rings. The molecule has 1 heterocycles. The van der Waals surface area contributed by atoms with Crippen molar-refractivity contribution in [1.82, 2.24) is 0 Å². The number of ether oxygens (including phenoxy) is 1. The van der Waals surface area contributed by atoms with Crippen LogP contribution in [0.15, 0.2) is 12.2 Å². The smallest absolute Gasteiger partial charge is 0.308 e. The second kappa shape index (κ2) is 9.73. The van der Waals surface area contributed by atoms with Gasteiger partial charge in [0, 0.05) is 6.10 Å². The van der Waals surface area contributed by atoms with E-state index in [2.05, 4.69) is 33.9 Å². The monoisotopic (exact) mass is 356 g/mol. The summed E-state index contributed by atoms with van der Waals surface area (Å²) in [5.41, 5.74) is 0. The van der Waals surface area contributed by atoms with E-state index in [4.69, 9.17) is 9.16 Å². The van der Waals surface area contributed by atoms with E-state index in [-0.39, 0.29) is 23.5 Å². The maximum absolute atomic E-state index is 11.6. The van der Waals surface area contributed by atoms with Gasteiger partial charge in [-0.15, -0.1) is 0 Å². The van der Waals surface area contributed by atoms with E-state index in [1.807, 2.05) is 6.08 Å². The van der Waals surface area contributed by atoms with Gasteiger partial charge >= 0.3 is 5.97 Å². The second-order valence-electron chi connectivity index (χ2n) is 8.36. The summed E-state index contributed by atoms with van der Waals surface area (Å²) >= 11 is 0. The van der Waals surface area contributed by atoms with Gasteiger partial charge in [0.1, 0.15) is 0 Å². The van der Waals surface area contributed by atoms with Gasteiger partial charge in [-0.25, -0.2) is 0 Å². The summed E-state index contributed by atoms with van der Waals surface area (Å²) in [6.07, 6.45) is 9.19. The van der Waals surface area contributed by atoms with Crippen LogP contribution in [-0.4, -0.2) is 38.2 Å². The number of aliphatic hydroxyl groups is 1. The first kappa shape index (κ1) is 21.4. The number of rotatable bonds is 2. The van der Waals surface area contributed by atoms with Crippen LogP contribution in [-0.2, 0) is 14.0 Å². The minimum absolute atomic E-state index is 0.0320. The highest BCUT2D eigenvalue weighted by molar-refractivity contribution is 6.74. The van der Waals surface area contributed by atoms with Crippen LogP contribution in [0, 0.1) is 0 Å². The summed E-state index contributed by atoms with van der Waals surface area (Å²) in [5, 5.41) is 10.1. The minimum Gasteiger partial charge on any atom is -0.466 e. The first-order chi connectivity index (χ1) is 11.1. The van der Waals surface area contributed by atoms with Crippen LogP contribution in [0.5, 0.6) is 0 Å². The second-order valence-corrected chi connectivity index (χ2v) is 13.1. The van der Waals surface area contributed by atoms with Crippen LogP contribution in [0.3, 0.4) is 0 Å². The fraction of sp³-hybridized carbons (Fsp3) is 0.842. The van der Waals surface area contributed by atoms with Crippen molar-refractivity contribution in [3.63, 3.8) is 0 Å². The van der Waals surface area contributed by atoms with E-state index in [1.54, 1.807) is 6.08 Å². The third-order valence-corrected chi connectivity index (χ3v) is 9.62. The molecule has 2 unspecified atom stereocenters. The van der Waals surface area contributed by atoms with E-state index >= 15 is 0 Å². The zero-order valence-corrected chi connectivity index (χ0v) is 17.1. The fourth-order valence-electron chi connectivity index (χ4n) is 2.52. The molecule has 0 saturated heterocycles. The molecule has 0 aromatic carbocycles. The molecule has 140 valence electrons. The molecule has 0 radical (unpaired) electrons. The van der Waals surface area contributed by atoms with Gasteiger partial charge in [0.15, 0.2) is 8.32 Å². The number of carbonyl (C=O) groups is 1. The Morgan fingerprint density at radius 3 is 2.54 bits per heavy atom. The zero-order valence-electron chi connectivity index (χ0n) is 16.1. The number of aliphatic hydroxyl groups excluding tert-OH is 1. The van der Waals surface area contributed by atoms with Crippen molar-refractivity contribution in [2.75, 3.05) is 6.61 Å². The molecule has 1 aliphatic heterocycles. The molecule has 2 atom stereocenters. The van der Waals surface area contributed by atoms with Crippen molar-refractivity contribution < 1.29 is 19.1 Å². The van der Waals surface area contributed by atoms with Crippen molar-refractivity contribution in [2.24, 2.45) is 0 Å². The third-order valence-electron chi connectivity index (χ3n) is 5.08. The molecular formula is C19H36O4Si. The van der Waals surface area contributed by atoms with Crippen LogP contribution in [0.25, 0.3) is 0 Å². The summed E-state index contributed by atoms with van der Waals surface area (Å²) in [7, 11) is -1.80. The van der Waals surface area contributed by atoms with Gasteiger partial charge in [-0.1, -0.05) is 52.2 Å². The highest BCUT2D eigenvalue weighted by atomic mass is 28.4. The lowest BCUT2D eigenvalue weighted by Crippen LogP contribution is -2.43. The Morgan fingerprint density at radius 2 is 1.88 bits per heavy atom. The summed E-state index contributed by atoms with van der Waals surface area (Å²) < 4.78 is 11.7. The van der Waals surface area contributed by atoms with Crippen LogP contribution in [0.2, 0.25) is 18.1 Å². The number of esters is 1. The van der Waals surface area contributed by atoms with Gasteiger partial charge in [-0.3, -0.25) is 4.79 Å². The molecule has 5 heteroatoms. The summed E-state index contributed by atoms with van der Waals surface area (Å²) in [6, 6.07) is 0. The molecule has 1 N–H and O–H groups in total. The van der Waals surface area contributed by atoms with E-state index in [9.17, 15) is 9.90 Å². The summed E-state index contributed by atoms with van der Waals surface area (Å²) in [4.78, 5) is 11.6. The Hall–Kier alpha value is -0.653. The SMILES string of the molecule is CC(C)(C)[Si](C)(C)OC1C/C=C/C(O)CC(=O)OCCCCCC1. The van der Waals surface area contributed by atoms with Crippen molar-refractivity contribution in [3.8, 4) is 0 Å². The Kier molecular flexibility index (Phi) is 8.67. The Bertz CT molecular complexity index is 412. The molecule has 1 rings (SSSR count). The highest BCUT2D eigenvalue weighted by Gasteiger charge is 2.38. The van der Waals surface area contributed by atoms with E-state index in [0.717, 1.165) is 38.5 Å². The Morgan fingerprint density at radius 1 is 1.21 bits per heavy atom. The van der Waals surface area contributed by atoms with Crippen LogP contribution >= 0.6 is 0 Å². The first-order valence-corrected chi connectivity index (χ1v) is 12.2. The van der Waals surface area contributed by atoms with Crippen molar-refractivity contribution in [3.05, 3.63) is 12.2 Å². The minimum atomic E-state index is -1.80. The van der Waals surface area contributed by atoms with Crippen molar-refractivity contribution in [2.45, 2.75) is 96.1 Å². The Balaban J connectivity index is 2.71. The van der Waals surface area contributed by atoms with E-state index < -0.39 is 14.4 Å². The van der Waals surface area contributed by atoms with Gasteiger partial charge in [0.25, 0.3) is 0 Å². The van der Waals surface area contributed by atoms with E-state index in [0.29, 0.717) is 6.61 Å². The molecule has 0 fully saturated rings. The average molecular weight is 357 g/mol. The lowest BCUT2D eigenvalue weighted by molar-refractivity contribution is -0.145. The van der Waals surface area contributed by atoms with Gasteiger partial charge in [0.2, 0.25) is 0 Å². The molecule has 0 aromatic heterocycles. The molecule has 0 aliphatic carbocycles. The zero-order chi connectivity index (χ0) is 18.2. The first-order valence-electron chi connectivity index (χ1n) is 9.30. The molecular weight excluding hydrogens is 320 g/mol.